The van der Waals surface area contributed by atoms with Crippen molar-refractivity contribution in [1.82, 2.24) is 9.80 Å². The Morgan fingerprint density at radius 1 is 1.21 bits per heavy atom. The minimum atomic E-state index is 0.132. The van der Waals surface area contributed by atoms with Crippen molar-refractivity contribution in [3.63, 3.8) is 0 Å². The monoisotopic (exact) mass is 342 g/mol. The molecule has 4 rings (SSSR count). The van der Waals surface area contributed by atoms with E-state index in [-0.39, 0.29) is 12.0 Å². The van der Waals surface area contributed by atoms with Crippen molar-refractivity contribution in [2.24, 2.45) is 0 Å². The Hall–Kier alpha value is -1.69. The van der Waals surface area contributed by atoms with Gasteiger partial charge in [0.05, 0.1) is 23.6 Å². The van der Waals surface area contributed by atoms with Gasteiger partial charge >= 0.3 is 0 Å². The maximum atomic E-state index is 12.7. The molecule has 24 heavy (non-hydrogen) atoms. The molecule has 4 nitrogen and oxygen atoms in total. The molecule has 126 valence electrons. The number of hydrogen-bond donors (Lipinski definition) is 0. The van der Waals surface area contributed by atoms with Crippen LogP contribution in [0, 0.1) is 6.92 Å². The molecule has 0 unspecified atom stereocenters. The Morgan fingerprint density at radius 2 is 2.04 bits per heavy atom. The van der Waals surface area contributed by atoms with Crippen LogP contribution in [0.3, 0.4) is 0 Å². The summed E-state index contributed by atoms with van der Waals surface area (Å²) in [5.74, 6) is 0.144. The second kappa shape index (κ2) is 6.67. The van der Waals surface area contributed by atoms with Gasteiger partial charge in [-0.25, -0.2) is 0 Å². The van der Waals surface area contributed by atoms with Crippen molar-refractivity contribution in [1.29, 1.82) is 0 Å². The van der Waals surface area contributed by atoms with Crippen LogP contribution in [0.15, 0.2) is 42.5 Å². The summed E-state index contributed by atoms with van der Waals surface area (Å²) < 4.78 is 5.96. The molecule has 2 aromatic rings. The largest absolute Gasteiger partial charge is 0.373 e. The van der Waals surface area contributed by atoms with Crippen molar-refractivity contribution >= 4 is 17.2 Å². The number of thiophene rings is 1. The SMILES string of the molecule is Cc1ccc(C(=O)N2C[C@H]3OCCN(Cc4ccccc4)[C@H]3C2)s1. The molecule has 1 amide bonds. The minimum Gasteiger partial charge on any atom is -0.373 e. The number of amides is 1. The smallest absolute Gasteiger partial charge is 0.264 e. The van der Waals surface area contributed by atoms with Gasteiger partial charge in [0.1, 0.15) is 0 Å². The van der Waals surface area contributed by atoms with Crippen LogP contribution in [-0.4, -0.2) is 54.1 Å². The first-order chi connectivity index (χ1) is 11.7. The zero-order valence-corrected chi connectivity index (χ0v) is 14.7. The van der Waals surface area contributed by atoms with E-state index in [9.17, 15) is 4.79 Å². The lowest BCUT2D eigenvalue weighted by Gasteiger charge is -2.36. The molecule has 0 spiro atoms. The van der Waals surface area contributed by atoms with Gasteiger partial charge in [-0.05, 0) is 24.6 Å². The Balaban J connectivity index is 1.47. The molecule has 2 aliphatic rings. The first kappa shape index (κ1) is 15.8. The van der Waals surface area contributed by atoms with Gasteiger partial charge in [0, 0.05) is 31.1 Å². The number of aryl methyl sites for hydroxylation is 1. The van der Waals surface area contributed by atoms with Gasteiger partial charge in [-0.2, -0.15) is 0 Å². The lowest BCUT2D eigenvalue weighted by molar-refractivity contribution is -0.0503. The van der Waals surface area contributed by atoms with Crippen molar-refractivity contribution in [2.45, 2.75) is 25.6 Å². The molecule has 0 N–H and O–H groups in total. The molecule has 2 aliphatic heterocycles. The molecule has 0 saturated carbocycles. The van der Waals surface area contributed by atoms with Crippen LogP contribution < -0.4 is 0 Å². The number of ether oxygens (including phenoxy) is 1. The van der Waals surface area contributed by atoms with E-state index in [2.05, 4.69) is 29.2 Å². The molecule has 2 atom stereocenters. The molecule has 1 aromatic carbocycles. The van der Waals surface area contributed by atoms with Crippen LogP contribution in [0.1, 0.15) is 20.1 Å². The molecule has 0 bridgehead atoms. The maximum Gasteiger partial charge on any atom is 0.264 e. The molecule has 2 fully saturated rings. The normalized spacial score (nSPS) is 24.1. The first-order valence-electron chi connectivity index (χ1n) is 8.46. The summed E-state index contributed by atoms with van der Waals surface area (Å²) in [6, 6.07) is 14.8. The Morgan fingerprint density at radius 3 is 2.79 bits per heavy atom. The van der Waals surface area contributed by atoms with Gasteiger partial charge in [0.15, 0.2) is 0 Å². The van der Waals surface area contributed by atoms with Gasteiger partial charge in [0.25, 0.3) is 5.91 Å². The van der Waals surface area contributed by atoms with Crippen LogP contribution >= 0.6 is 11.3 Å². The third kappa shape index (κ3) is 3.11. The molecule has 0 aliphatic carbocycles. The summed E-state index contributed by atoms with van der Waals surface area (Å²) >= 11 is 1.57. The number of rotatable bonds is 3. The molecular formula is C19H22N2O2S. The Kier molecular flexibility index (Phi) is 4.39. The van der Waals surface area contributed by atoms with Crippen LogP contribution in [-0.2, 0) is 11.3 Å². The summed E-state index contributed by atoms with van der Waals surface area (Å²) in [4.78, 5) is 19.2. The standard InChI is InChI=1S/C19H22N2O2S/c1-14-7-8-18(24-14)19(22)21-12-16-17(13-21)23-10-9-20(16)11-15-5-3-2-4-6-15/h2-8,16-17H,9-13H2,1H3/t16-,17+/m0/s1. The Bertz CT molecular complexity index is 715. The predicted molar refractivity (Wildman–Crippen MR) is 95.3 cm³/mol. The number of benzene rings is 1. The van der Waals surface area contributed by atoms with E-state index in [1.54, 1.807) is 11.3 Å². The summed E-state index contributed by atoms with van der Waals surface area (Å²) in [5, 5.41) is 0. The fourth-order valence-corrected chi connectivity index (χ4v) is 4.48. The van der Waals surface area contributed by atoms with E-state index in [0.29, 0.717) is 12.6 Å². The lowest BCUT2D eigenvalue weighted by atomic mass is 10.1. The molecule has 3 heterocycles. The maximum absolute atomic E-state index is 12.7. The summed E-state index contributed by atoms with van der Waals surface area (Å²) in [6.45, 7) is 6.09. The average Bonchev–Trinajstić information content (AvgIpc) is 3.22. The number of carbonyl (C=O) groups excluding carboxylic acids is 1. The fourth-order valence-electron chi connectivity index (χ4n) is 3.64. The van der Waals surface area contributed by atoms with Crippen LogP contribution in [0.4, 0.5) is 0 Å². The predicted octanol–water partition coefficient (Wildman–Crippen LogP) is 2.78. The molecule has 2 saturated heterocycles. The highest BCUT2D eigenvalue weighted by Gasteiger charge is 2.42. The topological polar surface area (TPSA) is 32.8 Å². The number of morpholine rings is 1. The van der Waals surface area contributed by atoms with Crippen LogP contribution in [0.5, 0.6) is 0 Å². The molecule has 0 radical (unpaired) electrons. The number of likely N-dealkylation sites (tertiary alicyclic amines) is 1. The number of fused-ring (bicyclic) bond motifs is 1. The minimum absolute atomic E-state index is 0.132. The quantitative estimate of drug-likeness (QED) is 0.860. The van der Waals surface area contributed by atoms with Gasteiger partial charge in [-0.15, -0.1) is 11.3 Å². The third-order valence-electron chi connectivity index (χ3n) is 4.88. The van der Waals surface area contributed by atoms with E-state index in [1.165, 1.54) is 10.4 Å². The van der Waals surface area contributed by atoms with Gasteiger partial charge in [-0.1, -0.05) is 30.3 Å². The number of carbonyl (C=O) groups is 1. The number of hydrogen-bond acceptors (Lipinski definition) is 4. The highest BCUT2D eigenvalue weighted by molar-refractivity contribution is 7.13. The summed E-state index contributed by atoms with van der Waals surface area (Å²) in [7, 11) is 0. The van der Waals surface area contributed by atoms with Gasteiger partial charge in [0.2, 0.25) is 0 Å². The van der Waals surface area contributed by atoms with Crippen LogP contribution in [0.2, 0.25) is 0 Å². The van der Waals surface area contributed by atoms with Gasteiger partial charge < -0.3 is 9.64 Å². The molecule has 5 heteroatoms. The summed E-state index contributed by atoms with van der Waals surface area (Å²) in [5.41, 5.74) is 1.32. The van der Waals surface area contributed by atoms with Crippen molar-refractivity contribution < 1.29 is 9.53 Å². The highest BCUT2D eigenvalue weighted by atomic mass is 32.1. The highest BCUT2D eigenvalue weighted by Crippen LogP contribution is 2.27. The van der Waals surface area contributed by atoms with E-state index >= 15 is 0 Å². The summed E-state index contributed by atoms with van der Waals surface area (Å²) in [6.07, 6.45) is 0.132. The Labute approximate surface area is 146 Å². The van der Waals surface area contributed by atoms with E-state index < -0.39 is 0 Å². The third-order valence-corrected chi connectivity index (χ3v) is 5.87. The van der Waals surface area contributed by atoms with Crippen LogP contribution in [0.25, 0.3) is 0 Å². The zero-order valence-electron chi connectivity index (χ0n) is 13.9. The fraction of sp³-hybridized carbons (Fsp3) is 0.421. The first-order valence-corrected chi connectivity index (χ1v) is 9.27. The second-order valence-electron chi connectivity index (χ2n) is 6.55. The van der Waals surface area contributed by atoms with Crippen molar-refractivity contribution in [2.75, 3.05) is 26.2 Å². The van der Waals surface area contributed by atoms with Gasteiger partial charge in [-0.3, -0.25) is 9.69 Å². The average molecular weight is 342 g/mol. The van der Waals surface area contributed by atoms with E-state index in [0.717, 1.165) is 31.1 Å². The van der Waals surface area contributed by atoms with Crippen molar-refractivity contribution in [3.8, 4) is 0 Å². The van der Waals surface area contributed by atoms with E-state index in [1.807, 2.05) is 30.0 Å². The zero-order chi connectivity index (χ0) is 16.5. The second-order valence-corrected chi connectivity index (χ2v) is 7.84. The molecule has 1 aromatic heterocycles. The van der Waals surface area contributed by atoms with Crippen molar-refractivity contribution in [3.05, 3.63) is 57.8 Å². The number of nitrogens with zero attached hydrogens (tertiary/aromatic N) is 2. The molecular weight excluding hydrogens is 320 g/mol. The van der Waals surface area contributed by atoms with E-state index in [4.69, 9.17) is 4.74 Å². The lowest BCUT2D eigenvalue weighted by Crippen LogP contribution is -2.50.